The maximum Gasteiger partial charge on any atom is 0.262 e. The Morgan fingerprint density at radius 3 is 2.32 bits per heavy atom. The normalized spacial score (nSPS) is 10.8. The number of carbonyl (C=O) groups is 2. The van der Waals surface area contributed by atoms with E-state index >= 15 is 0 Å². The molecule has 1 aromatic heterocycles. The lowest BCUT2D eigenvalue weighted by molar-refractivity contribution is -0.121. The molecule has 0 spiro atoms. The second-order valence-corrected chi connectivity index (χ2v) is 8.72. The monoisotopic (exact) mass is 471 g/mol. The minimum absolute atomic E-state index is 0.0433. The molecule has 6 nitrogen and oxygen atoms in total. The Morgan fingerprint density at radius 2 is 1.56 bits per heavy atom. The zero-order valence-corrected chi connectivity index (χ0v) is 19.5. The van der Waals surface area contributed by atoms with Crippen molar-refractivity contribution in [3.05, 3.63) is 106 Å². The second-order valence-electron chi connectivity index (χ2n) is 7.78. The molecule has 0 saturated heterocycles. The molecule has 3 aromatic carbocycles. The second kappa shape index (κ2) is 11.4. The van der Waals surface area contributed by atoms with Crippen molar-refractivity contribution in [3.8, 4) is 0 Å². The number of nitrogens with one attached hydrogen (secondary N) is 1. The number of hydrogen-bond acceptors (Lipinski definition) is 5. The first-order chi connectivity index (χ1) is 16.6. The average Bonchev–Trinajstić information content (AvgIpc) is 2.88. The van der Waals surface area contributed by atoms with Gasteiger partial charge in [-0.25, -0.2) is 4.98 Å². The molecule has 0 radical (unpaired) electrons. The highest BCUT2D eigenvalue weighted by Gasteiger charge is 2.15. The predicted molar refractivity (Wildman–Crippen MR) is 135 cm³/mol. The highest BCUT2D eigenvalue weighted by atomic mass is 32.2. The lowest BCUT2D eigenvalue weighted by Crippen LogP contribution is -2.30. The van der Waals surface area contributed by atoms with Gasteiger partial charge in [0.25, 0.3) is 5.56 Å². The minimum atomic E-state index is -0.211. The molecule has 7 heteroatoms. The van der Waals surface area contributed by atoms with Gasteiger partial charge in [-0.3, -0.25) is 19.0 Å². The molecule has 0 bridgehead atoms. The van der Waals surface area contributed by atoms with Crippen LogP contribution in [0.5, 0.6) is 0 Å². The van der Waals surface area contributed by atoms with Crippen LogP contribution in [0.25, 0.3) is 10.9 Å². The Balaban J connectivity index is 1.45. The summed E-state index contributed by atoms with van der Waals surface area (Å²) in [6.45, 7) is 0.719. The van der Waals surface area contributed by atoms with Crippen molar-refractivity contribution in [1.29, 1.82) is 0 Å². The van der Waals surface area contributed by atoms with Crippen LogP contribution in [0.4, 0.5) is 0 Å². The number of benzene rings is 3. The molecule has 1 amide bonds. The summed E-state index contributed by atoms with van der Waals surface area (Å²) in [5, 5.41) is 3.84. The highest BCUT2D eigenvalue weighted by molar-refractivity contribution is 7.99. The molecular formula is C27H25N3O3S. The van der Waals surface area contributed by atoms with E-state index < -0.39 is 0 Å². The van der Waals surface area contributed by atoms with Gasteiger partial charge in [-0.2, -0.15) is 0 Å². The first-order valence-electron chi connectivity index (χ1n) is 11.1. The van der Waals surface area contributed by atoms with Gasteiger partial charge in [-0.15, -0.1) is 0 Å². The first kappa shape index (κ1) is 23.4. The molecule has 4 aromatic rings. The van der Waals surface area contributed by atoms with Crippen LogP contribution in [0.2, 0.25) is 0 Å². The van der Waals surface area contributed by atoms with Gasteiger partial charge in [0.15, 0.2) is 10.9 Å². The highest BCUT2D eigenvalue weighted by Crippen LogP contribution is 2.19. The third kappa shape index (κ3) is 5.99. The summed E-state index contributed by atoms with van der Waals surface area (Å²) in [5.74, 6) is -0.0246. The van der Waals surface area contributed by atoms with Crippen molar-refractivity contribution in [3.63, 3.8) is 0 Å². The van der Waals surface area contributed by atoms with E-state index in [2.05, 4.69) is 10.3 Å². The Hall–Kier alpha value is -3.71. The Labute approximate surface area is 202 Å². The molecule has 0 aliphatic carbocycles. The molecule has 0 aliphatic rings. The molecule has 0 saturated carbocycles. The van der Waals surface area contributed by atoms with Crippen molar-refractivity contribution in [1.82, 2.24) is 14.9 Å². The van der Waals surface area contributed by atoms with Gasteiger partial charge >= 0.3 is 0 Å². The van der Waals surface area contributed by atoms with Crippen LogP contribution in [-0.4, -0.2) is 33.5 Å². The van der Waals surface area contributed by atoms with Crippen LogP contribution in [0, 0.1) is 0 Å². The van der Waals surface area contributed by atoms with Crippen LogP contribution in [0.1, 0.15) is 22.3 Å². The average molecular weight is 472 g/mol. The van der Waals surface area contributed by atoms with Gasteiger partial charge in [0.1, 0.15) is 0 Å². The molecule has 0 atom stereocenters. The topological polar surface area (TPSA) is 81.1 Å². The van der Waals surface area contributed by atoms with Gasteiger partial charge in [0.2, 0.25) is 5.91 Å². The fourth-order valence-electron chi connectivity index (χ4n) is 3.59. The van der Waals surface area contributed by atoms with E-state index in [-0.39, 0.29) is 36.0 Å². The van der Waals surface area contributed by atoms with Crippen molar-refractivity contribution in [2.75, 3.05) is 12.3 Å². The van der Waals surface area contributed by atoms with E-state index in [1.54, 1.807) is 30.3 Å². The first-order valence-corrected chi connectivity index (χ1v) is 12.1. The number of hydrogen-bond donors (Lipinski definition) is 1. The maximum atomic E-state index is 13.2. The van der Waals surface area contributed by atoms with Crippen molar-refractivity contribution < 1.29 is 9.59 Å². The molecule has 1 N–H and O–H groups in total. The number of amides is 1. The smallest absolute Gasteiger partial charge is 0.262 e. The van der Waals surface area contributed by atoms with Crippen LogP contribution in [-0.2, 0) is 17.8 Å². The van der Waals surface area contributed by atoms with Crippen LogP contribution >= 0.6 is 11.8 Å². The summed E-state index contributed by atoms with van der Waals surface area (Å²) in [4.78, 5) is 42.8. The van der Waals surface area contributed by atoms with Crippen molar-refractivity contribution in [2.45, 2.75) is 24.5 Å². The lowest BCUT2D eigenvalue weighted by atomic mass is 10.1. The number of rotatable bonds is 10. The predicted octanol–water partition coefficient (Wildman–Crippen LogP) is 4.12. The zero-order chi connectivity index (χ0) is 23.8. The van der Waals surface area contributed by atoms with Gasteiger partial charge in [0.05, 0.1) is 16.7 Å². The summed E-state index contributed by atoms with van der Waals surface area (Å²) >= 11 is 1.22. The SMILES string of the molecule is O=C(CCn1c(SCC(=O)c2ccccc2)nc2ccccc2c1=O)NCCc1ccccc1. The summed E-state index contributed by atoms with van der Waals surface area (Å²) in [7, 11) is 0. The molecule has 0 aliphatic heterocycles. The number of aromatic nitrogens is 2. The van der Waals surface area contributed by atoms with Gasteiger partial charge in [-0.05, 0) is 24.1 Å². The van der Waals surface area contributed by atoms with Crippen molar-refractivity contribution in [2.24, 2.45) is 0 Å². The van der Waals surface area contributed by atoms with Gasteiger partial charge in [0, 0.05) is 25.1 Å². The van der Waals surface area contributed by atoms with E-state index in [4.69, 9.17) is 0 Å². The molecule has 4 rings (SSSR count). The zero-order valence-electron chi connectivity index (χ0n) is 18.6. The van der Waals surface area contributed by atoms with E-state index in [9.17, 15) is 14.4 Å². The number of thioether (sulfide) groups is 1. The number of nitrogens with zero attached hydrogens (tertiary/aromatic N) is 2. The molecule has 0 unspecified atom stereocenters. The molecule has 34 heavy (non-hydrogen) atoms. The summed E-state index contributed by atoms with van der Waals surface area (Å²) < 4.78 is 1.50. The lowest BCUT2D eigenvalue weighted by Gasteiger charge is -2.13. The Morgan fingerprint density at radius 1 is 0.882 bits per heavy atom. The van der Waals surface area contributed by atoms with E-state index in [1.165, 1.54) is 16.3 Å². The van der Waals surface area contributed by atoms with Crippen molar-refractivity contribution >= 4 is 34.4 Å². The van der Waals surface area contributed by atoms with E-state index in [0.717, 1.165) is 12.0 Å². The quantitative estimate of drug-likeness (QED) is 0.214. The Bertz CT molecular complexity index is 1340. The van der Waals surface area contributed by atoms with E-state index in [1.807, 2.05) is 54.6 Å². The van der Waals surface area contributed by atoms with Gasteiger partial charge < -0.3 is 5.32 Å². The number of carbonyl (C=O) groups excluding carboxylic acids is 2. The fraction of sp³-hybridized carbons (Fsp3) is 0.185. The number of ketones is 1. The van der Waals surface area contributed by atoms with Gasteiger partial charge in [-0.1, -0.05) is 84.6 Å². The summed E-state index contributed by atoms with van der Waals surface area (Å²) in [6, 6.07) is 26.1. The molecular weight excluding hydrogens is 446 g/mol. The van der Waals surface area contributed by atoms with E-state index in [0.29, 0.717) is 28.2 Å². The summed E-state index contributed by atoms with van der Waals surface area (Å²) in [6.07, 6.45) is 0.891. The van der Waals surface area contributed by atoms with Crippen LogP contribution < -0.4 is 10.9 Å². The largest absolute Gasteiger partial charge is 0.356 e. The number of para-hydroxylation sites is 1. The standard InChI is InChI=1S/C27H25N3O3S/c31-24(21-11-5-2-6-12-21)19-34-27-29-23-14-8-7-13-22(23)26(33)30(27)18-16-25(32)28-17-15-20-9-3-1-4-10-20/h1-14H,15-19H2,(H,28,32). The summed E-state index contributed by atoms with van der Waals surface area (Å²) in [5.41, 5.74) is 2.13. The molecule has 0 fully saturated rings. The molecule has 1 heterocycles. The number of Topliss-reactive ketones (excluding diaryl/α,β-unsaturated/α-hetero) is 1. The third-order valence-corrected chi connectivity index (χ3v) is 6.37. The fourth-order valence-corrected chi connectivity index (χ4v) is 4.50. The Kier molecular flexibility index (Phi) is 7.88. The van der Waals surface area contributed by atoms with Crippen LogP contribution in [0.3, 0.4) is 0 Å². The minimum Gasteiger partial charge on any atom is -0.356 e. The number of fused-ring (bicyclic) bond motifs is 1. The third-order valence-electron chi connectivity index (χ3n) is 5.40. The molecule has 172 valence electrons. The maximum absolute atomic E-state index is 13.2. The van der Waals surface area contributed by atoms with Crippen LogP contribution in [0.15, 0.2) is 94.9 Å².